The molecule has 0 radical (unpaired) electrons. The van der Waals surface area contributed by atoms with Gasteiger partial charge >= 0.3 is 0 Å². The molecular formula is C43H70O3. The van der Waals surface area contributed by atoms with E-state index in [9.17, 15) is 15.0 Å². The number of carbonyl (C=O) groups excluding carboxylic acids is 1. The summed E-state index contributed by atoms with van der Waals surface area (Å²) < 4.78 is 0. The molecule has 0 saturated carbocycles. The Morgan fingerprint density at radius 2 is 0.761 bits per heavy atom. The molecule has 0 saturated heterocycles. The number of carbonyl (C=O) groups is 1. The van der Waals surface area contributed by atoms with Gasteiger partial charge in [0.1, 0.15) is 0 Å². The third-order valence-electron chi connectivity index (χ3n) is 9.61. The normalized spacial score (nSPS) is 12.2. The highest BCUT2D eigenvalue weighted by Crippen LogP contribution is 2.32. The third kappa shape index (κ3) is 15.3. The van der Waals surface area contributed by atoms with Crippen LogP contribution < -0.4 is 0 Å². The molecule has 0 fully saturated rings. The van der Waals surface area contributed by atoms with Gasteiger partial charge in [0.05, 0.1) is 11.2 Å². The first-order chi connectivity index (χ1) is 22.0. The second-order valence-electron chi connectivity index (χ2n) is 15.1. The minimum atomic E-state index is -1.15. The highest BCUT2D eigenvalue weighted by atomic mass is 16.3. The molecule has 2 rings (SSSR count). The van der Waals surface area contributed by atoms with Crippen LogP contribution in [0.4, 0.5) is 0 Å². The highest BCUT2D eigenvalue weighted by molar-refractivity contribution is 6.11. The molecule has 0 aliphatic rings. The van der Waals surface area contributed by atoms with Crippen LogP contribution in [0.2, 0.25) is 0 Å². The molecule has 0 aliphatic heterocycles. The number of ketones is 1. The Balaban J connectivity index is 2.00. The molecular weight excluding hydrogens is 564 g/mol. The lowest BCUT2D eigenvalue weighted by atomic mass is 9.83. The molecule has 2 aromatic rings. The lowest BCUT2D eigenvalue weighted by molar-refractivity contribution is 0.0738. The minimum absolute atomic E-state index is 0.134. The van der Waals surface area contributed by atoms with Gasteiger partial charge in [-0.05, 0) is 75.6 Å². The maximum absolute atomic E-state index is 14.1. The van der Waals surface area contributed by atoms with Gasteiger partial charge in [0.25, 0.3) is 0 Å². The standard InChI is InChI=1S/C43H70O3/c1-7-9-11-13-15-17-19-21-23-25-27-35-29-31-37(39(33-35)42(3,4)45)41(44)38-32-30-36(34-40(38)43(5,6)46)28-26-24-22-20-18-16-14-12-10-8-2/h29-34,45-46H,7-28H2,1-6H3. The van der Waals surface area contributed by atoms with E-state index in [2.05, 4.69) is 26.0 Å². The first-order valence-electron chi connectivity index (χ1n) is 19.2. The van der Waals surface area contributed by atoms with Gasteiger partial charge in [-0.1, -0.05) is 166 Å². The van der Waals surface area contributed by atoms with Crippen LogP contribution in [0.3, 0.4) is 0 Å². The zero-order valence-electron chi connectivity index (χ0n) is 30.8. The Kier molecular flexibility index (Phi) is 19.1. The molecule has 260 valence electrons. The largest absolute Gasteiger partial charge is 0.386 e. The summed E-state index contributed by atoms with van der Waals surface area (Å²) in [6.45, 7) is 11.6. The smallest absolute Gasteiger partial charge is 0.193 e. The molecule has 2 N–H and O–H groups in total. The van der Waals surface area contributed by atoms with Crippen molar-refractivity contribution in [1.29, 1.82) is 0 Å². The number of hydrogen-bond acceptors (Lipinski definition) is 3. The molecule has 3 heteroatoms. The Bertz CT molecular complexity index is 1030. The lowest BCUT2D eigenvalue weighted by Gasteiger charge is -2.25. The quantitative estimate of drug-likeness (QED) is 0.0799. The van der Waals surface area contributed by atoms with E-state index in [-0.39, 0.29) is 5.78 Å². The molecule has 0 aliphatic carbocycles. The Morgan fingerprint density at radius 1 is 0.478 bits per heavy atom. The molecule has 0 spiro atoms. The van der Waals surface area contributed by atoms with Crippen LogP contribution in [0.5, 0.6) is 0 Å². The van der Waals surface area contributed by atoms with E-state index in [1.54, 1.807) is 27.7 Å². The van der Waals surface area contributed by atoms with E-state index in [1.165, 1.54) is 127 Å². The fourth-order valence-electron chi connectivity index (χ4n) is 6.68. The van der Waals surface area contributed by atoms with E-state index in [1.807, 2.05) is 24.3 Å². The molecule has 0 aromatic heterocycles. The van der Waals surface area contributed by atoms with Crippen LogP contribution >= 0.6 is 0 Å². The second kappa shape index (κ2) is 21.8. The SMILES string of the molecule is CCCCCCCCCCCCc1ccc(C(=O)c2ccc(CCCCCCCCCCCC)cc2C(C)(C)O)c(C(C)(C)O)c1. The Hall–Kier alpha value is -1.97. The Morgan fingerprint density at radius 3 is 1.04 bits per heavy atom. The van der Waals surface area contributed by atoms with E-state index in [4.69, 9.17) is 0 Å². The number of unbranched alkanes of at least 4 members (excludes halogenated alkanes) is 18. The number of aliphatic hydroxyl groups is 2. The first-order valence-corrected chi connectivity index (χ1v) is 19.2. The number of benzene rings is 2. The summed E-state index contributed by atoms with van der Waals surface area (Å²) in [4.78, 5) is 14.1. The predicted octanol–water partition coefficient (Wildman–Crippen LogP) is 12.3. The summed E-state index contributed by atoms with van der Waals surface area (Å²) in [7, 11) is 0. The summed E-state index contributed by atoms with van der Waals surface area (Å²) in [5.74, 6) is -0.134. The summed E-state index contributed by atoms with van der Waals surface area (Å²) in [5, 5.41) is 22.3. The molecule has 0 heterocycles. The molecule has 3 nitrogen and oxygen atoms in total. The van der Waals surface area contributed by atoms with Crippen molar-refractivity contribution in [3.8, 4) is 0 Å². The molecule has 0 bridgehead atoms. The molecule has 0 unspecified atom stereocenters. The molecule has 46 heavy (non-hydrogen) atoms. The number of aryl methyl sites for hydroxylation is 2. The summed E-state index contributed by atoms with van der Waals surface area (Å²) in [5.41, 5.74) is 2.41. The average Bonchev–Trinajstić information content (AvgIpc) is 3.01. The van der Waals surface area contributed by atoms with E-state index in [0.717, 1.165) is 25.7 Å². The zero-order valence-corrected chi connectivity index (χ0v) is 30.8. The van der Waals surface area contributed by atoms with Crippen LogP contribution in [0, 0.1) is 0 Å². The minimum Gasteiger partial charge on any atom is -0.386 e. The van der Waals surface area contributed by atoms with Crippen molar-refractivity contribution in [2.75, 3.05) is 0 Å². The Labute approximate surface area is 284 Å². The van der Waals surface area contributed by atoms with Crippen molar-refractivity contribution >= 4 is 5.78 Å². The van der Waals surface area contributed by atoms with Crippen LogP contribution in [0.15, 0.2) is 36.4 Å². The average molecular weight is 635 g/mol. The van der Waals surface area contributed by atoms with Crippen LogP contribution in [-0.2, 0) is 24.0 Å². The fraction of sp³-hybridized carbons (Fsp3) is 0.698. The predicted molar refractivity (Wildman–Crippen MR) is 198 cm³/mol. The lowest BCUT2D eigenvalue weighted by Crippen LogP contribution is -2.24. The summed E-state index contributed by atoms with van der Waals surface area (Å²) >= 11 is 0. The number of hydrogen-bond donors (Lipinski definition) is 2. The van der Waals surface area contributed by atoms with Gasteiger partial charge in [-0.2, -0.15) is 0 Å². The number of rotatable bonds is 26. The maximum Gasteiger partial charge on any atom is 0.193 e. The van der Waals surface area contributed by atoms with Crippen LogP contribution in [-0.4, -0.2) is 16.0 Å². The van der Waals surface area contributed by atoms with Gasteiger partial charge in [0, 0.05) is 11.1 Å². The van der Waals surface area contributed by atoms with Crippen molar-refractivity contribution in [1.82, 2.24) is 0 Å². The van der Waals surface area contributed by atoms with E-state index >= 15 is 0 Å². The van der Waals surface area contributed by atoms with Gasteiger partial charge in [0.15, 0.2) is 5.78 Å². The van der Waals surface area contributed by atoms with Gasteiger partial charge < -0.3 is 10.2 Å². The molecule has 2 aromatic carbocycles. The summed E-state index contributed by atoms with van der Waals surface area (Å²) in [6, 6.07) is 12.0. The van der Waals surface area contributed by atoms with Crippen LogP contribution in [0.1, 0.15) is 208 Å². The monoisotopic (exact) mass is 635 g/mol. The van der Waals surface area contributed by atoms with Crippen LogP contribution in [0.25, 0.3) is 0 Å². The summed E-state index contributed by atoms with van der Waals surface area (Å²) in [6.07, 6.45) is 28.0. The van der Waals surface area contributed by atoms with E-state index < -0.39 is 11.2 Å². The highest BCUT2D eigenvalue weighted by Gasteiger charge is 2.29. The maximum atomic E-state index is 14.1. The third-order valence-corrected chi connectivity index (χ3v) is 9.61. The second-order valence-corrected chi connectivity index (χ2v) is 15.1. The van der Waals surface area contributed by atoms with Crippen molar-refractivity contribution in [3.05, 3.63) is 69.8 Å². The molecule has 0 amide bonds. The molecule has 0 atom stereocenters. The van der Waals surface area contributed by atoms with Crippen molar-refractivity contribution in [3.63, 3.8) is 0 Å². The van der Waals surface area contributed by atoms with Crippen molar-refractivity contribution in [2.45, 2.75) is 194 Å². The zero-order chi connectivity index (χ0) is 33.8. The van der Waals surface area contributed by atoms with Gasteiger partial charge in [-0.15, -0.1) is 0 Å². The van der Waals surface area contributed by atoms with Crippen molar-refractivity contribution < 1.29 is 15.0 Å². The van der Waals surface area contributed by atoms with E-state index in [0.29, 0.717) is 22.3 Å². The topological polar surface area (TPSA) is 57.5 Å². The van der Waals surface area contributed by atoms with Gasteiger partial charge in [-0.25, -0.2) is 0 Å². The first kappa shape index (κ1) is 40.2. The van der Waals surface area contributed by atoms with Gasteiger partial charge in [0.2, 0.25) is 0 Å². The van der Waals surface area contributed by atoms with Gasteiger partial charge in [-0.3, -0.25) is 4.79 Å². The van der Waals surface area contributed by atoms with Crippen molar-refractivity contribution in [2.24, 2.45) is 0 Å². The fourth-order valence-corrected chi connectivity index (χ4v) is 6.68.